The average Bonchev–Trinajstić information content (AvgIpc) is 3.11. The third-order valence-corrected chi connectivity index (χ3v) is 4.92. The lowest BCUT2D eigenvalue weighted by Crippen LogP contribution is -2.12. The Morgan fingerprint density at radius 3 is 2.00 bits per heavy atom. The maximum Gasteiger partial charge on any atom is 0.355 e. The first-order valence-electron chi connectivity index (χ1n) is 9.37. The molecular weight excluding hydrogens is 372 g/mol. The van der Waals surface area contributed by atoms with Gasteiger partial charge in [-0.3, -0.25) is 0 Å². The Kier molecular flexibility index (Phi) is 5.12. The maximum atomic E-state index is 13.6. The molecule has 0 aliphatic carbocycles. The van der Waals surface area contributed by atoms with Gasteiger partial charge in [-0.1, -0.05) is 42.5 Å². The average molecular weight is 391 g/mol. The van der Waals surface area contributed by atoms with E-state index in [0.717, 1.165) is 27.6 Å². The number of nitrogens with one attached hydrogen (secondary N) is 1. The highest BCUT2D eigenvalue weighted by molar-refractivity contribution is 5.99. The molecular formula is C24H19F2NO2. The summed E-state index contributed by atoms with van der Waals surface area (Å²) in [4.78, 5) is 15.9. The minimum absolute atomic E-state index is 0.241. The van der Waals surface area contributed by atoms with Gasteiger partial charge in [0.2, 0.25) is 0 Å². The molecule has 146 valence electrons. The number of benzene rings is 3. The van der Waals surface area contributed by atoms with Crippen LogP contribution in [-0.4, -0.2) is 17.6 Å². The van der Waals surface area contributed by atoms with Crippen molar-refractivity contribution in [3.8, 4) is 0 Å². The van der Waals surface area contributed by atoms with Gasteiger partial charge >= 0.3 is 5.97 Å². The summed E-state index contributed by atoms with van der Waals surface area (Å²) in [7, 11) is 0. The lowest BCUT2D eigenvalue weighted by molar-refractivity contribution is 0.0519. The number of carbonyl (C=O) groups is 1. The van der Waals surface area contributed by atoms with Crippen LogP contribution in [-0.2, 0) is 4.74 Å². The van der Waals surface area contributed by atoms with Crippen LogP contribution in [0.5, 0.6) is 0 Å². The number of hydrogen-bond donors (Lipinski definition) is 1. The zero-order valence-electron chi connectivity index (χ0n) is 15.8. The number of halogens is 2. The molecule has 4 rings (SSSR count). The maximum absolute atomic E-state index is 13.6. The minimum Gasteiger partial charge on any atom is -0.461 e. The molecule has 0 fully saturated rings. The Bertz CT molecular complexity index is 1100. The fourth-order valence-corrected chi connectivity index (χ4v) is 3.66. The van der Waals surface area contributed by atoms with E-state index in [1.165, 1.54) is 24.3 Å². The molecule has 0 saturated carbocycles. The molecule has 0 spiro atoms. The molecule has 3 nitrogen and oxygen atoms in total. The van der Waals surface area contributed by atoms with Crippen LogP contribution in [0, 0.1) is 11.6 Å². The van der Waals surface area contributed by atoms with Gasteiger partial charge in [0.15, 0.2) is 0 Å². The van der Waals surface area contributed by atoms with Gasteiger partial charge in [-0.2, -0.15) is 0 Å². The van der Waals surface area contributed by atoms with E-state index in [2.05, 4.69) is 4.98 Å². The number of rotatable bonds is 5. The number of fused-ring (bicyclic) bond motifs is 1. The van der Waals surface area contributed by atoms with Gasteiger partial charge < -0.3 is 9.72 Å². The fraction of sp³-hybridized carbons (Fsp3) is 0.125. The van der Waals surface area contributed by atoms with E-state index in [4.69, 9.17) is 4.74 Å². The predicted octanol–water partition coefficient (Wildman–Crippen LogP) is 5.80. The topological polar surface area (TPSA) is 42.1 Å². The first-order valence-corrected chi connectivity index (χ1v) is 9.37. The summed E-state index contributed by atoms with van der Waals surface area (Å²) in [5, 5.41) is 0.856. The molecule has 1 aromatic heterocycles. The Hall–Kier alpha value is -3.47. The van der Waals surface area contributed by atoms with E-state index in [1.54, 1.807) is 31.2 Å². The molecule has 3 aromatic carbocycles. The lowest BCUT2D eigenvalue weighted by Gasteiger charge is -2.20. The summed E-state index contributed by atoms with van der Waals surface area (Å²) in [6.45, 7) is 1.99. The van der Waals surface area contributed by atoms with Gasteiger partial charge in [-0.15, -0.1) is 0 Å². The quantitative estimate of drug-likeness (QED) is 0.437. The Morgan fingerprint density at radius 1 is 0.897 bits per heavy atom. The summed E-state index contributed by atoms with van der Waals surface area (Å²) >= 11 is 0. The number of ether oxygens (including phenoxy) is 1. The van der Waals surface area contributed by atoms with Crippen LogP contribution in [0.25, 0.3) is 10.9 Å². The highest BCUT2D eigenvalue weighted by Gasteiger charge is 2.28. The molecule has 0 radical (unpaired) electrons. The Labute approximate surface area is 167 Å². The van der Waals surface area contributed by atoms with Gasteiger partial charge in [-0.05, 0) is 48.4 Å². The normalized spacial score (nSPS) is 11.2. The molecule has 0 aliphatic rings. The second-order valence-electron chi connectivity index (χ2n) is 6.72. The van der Waals surface area contributed by atoms with Crippen molar-refractivity contribution in [1.29, 1.82) is 0 Å². The number of para-hydroxylation sites is 1. The zero-order chi connectivity index (χ0) is 20.4. The van der Waals surface area contributed by atoms with Crippen LogP contribution in [0.3, 0.4) is 0 Å². The molecule has 1 heterocycles. The fourth-order valence-electron chi connectivity index (χ4n) is 3.66. The molecule has 29 heavy (non-hydrogen) atoms. The summed E-state index contributed by atoms with van der Waals surface area (Å²) in [5.41, 5.74) is 3.42. The first-order chi connectivity index (χ1) is 14.1. The summed E-state index contributed by atoms with van der Waals surface area (Å²) in [5.74, 6) is -1.58. The largest absolute Gasteiger partial charge is 0.461 e. The predicted molar refractivity (Wildman–Crippen MR) is 108 cm³/mol. The second-order valence-corrected chi connectivity index (χ2v) is 6.72. The third-order valence-electron chi connectivity index (χ3n) is 4.92. The standard InChI is InChI=1S/C24H19F2NO2/c1-2-29-24(28)23-22(19-5-3-4-6-20(19)27-23)21(15-7-11-17(25)12-8-15)16-9-13-18(26)14-10-16/h3-14,21,27H,2H2,1H3. The minimum atomic E-state index is -0.465. The van der Waals surface area contributed by atoms with Crippen LogP contribution < -0.4 is 0 Å². The van der Waals surface area contributed by atoms with Gasteiger partial charge in [0.1, 0.15) is 17.3 Å². The monoisotopic (exact) mass is 391 g/mol. The lowest BCUT2D eigenvalue weighted by atomic mass is 9.83. The van der Waals surface area contributed by atoms with E-state index < -0.39 is 11.9 Å². The van der Waals surface area contributed by atoms with Crippen molar-refractivity contribution in [2.45, 2.75) is 12.8 Å². The van der Waals surface area contributed by atoms with Crippen molar-refractivity contribution in [2.75, 3.05) is 6.61 Å². The van der Waals surface area contributed by atoms with Crippen LogP contribution >= 0.6 is 0 Å². The van der Waals surface area contributed by atoms with Crippen molar-refractivity contribution in [1.82, 2.24) is 4.98 Å². The Morgan fingerprint density at radius 2 is 1.45 bits per heavy atom. The van der Waals surface area contributed by atoms with Gasteiger partial charge in [0, 0.05) is 22.4 Å². The van der Waals surface area contributed by atoms with Crippen molar-refractivity contribution in [2.24, 2.45) is 0 Å². The third kappa shape index (κ3) is 3.63. The first kappa shape index (κ1) is 18.9. The number of esters is 1. The van der Waals surface area contributed by atoms with Crippen molar-refractivity contribution in [3.05, 3.63) is 107 Å². The number of aromatic amines is 1. The van der Waals surface area contributed by atoms with Crippen LogP contribution in [0.4, 0.5) is 8.78 Å². The molecule has 0 unspecified atom stereocenters. The SMILES string of the molecule is CCOC(=O)c1[nH]c2ccccc2c1C(c1ccc(F)cc1)c1ccc(F)cc1. The zero-order valence-corrected chi connectivity index (χ0v) is 15.8. The molecule has 0 bridgehead atoms. The molecule has 0 amide bonds. The molecule has 0 atom stereocenters. The highest BCUT2D eigenvalue weighted by atomic mass is 19.1. The van der Waals surface area contributed by atoms with E-state index >= 15 is 0 Å². The second kappa shape index (κ2) is 7.87. The highest BCUT2D eigenvalue weighted by Crippen LogP contribution is 2.39. The van der Waals surface area contributed by atoms with Crippen LogP contribution in [0.15, 0.2) is 72.8 Å². The van der Waals surface area contributed by atoms with Gasteiger partial charge in [0.25, 0.3) is 0 Å². The molecule has 4 aromatic rings. The smallest absolute Gasteiger partial charge is 0.355 e. The molecule has 0 saturated heterocycles. The van der Waals surface area contributed by atoms with Crippen molar-refractivity contribution in [3.63, 3.8) is 0 Å². The van der Waals surface area contributed by atoms with Crippen LogP contribution in [0.2, 0.25) is 0 Å². The van der Waals surface area contributed by atoms with E-state index in [-0.39, 0.29) is 18.2 Å². The van der Waals surface area contributed by atoms with E-state index in [9.17, 15) is 13.6 Å². The molecule has 5 heteroatoms. The molecule has 0 aliphatic heterocycles. The number of hydrogen-bond acceptors (Lipinski definition) is 2. The molecule has 1 N–H and O–H groups in total. The van der Waals surface area contributed by atoms with Crippen molar-refractivity contribution >= 4 is 16.9 Å². The Balaban J connectivity index is 2.00. The van der Waals surface area contributed by atoms with Crippen molar-refractivity contribution < 1.29 is 18.3 Å². The van der Waals surface area contributed by atoms with Crippen LogP contribution in [0.1, 0.15) is 40.0 Å². The number of carbonyl (C=O) groups excluding carboxylic acids is 1. The summed E-state index contributed by atoms with van der Waals surface area (Å²) < 4.78 is 32.4. The summed E-state index contributed by atoms with van der Waals surface area (Å²) in [6.07, 6.45) is 0. The van der Waals surface area contributed by atoms with Gasteiger partial charge in [-0.25, -0.2) is 13.6 Å². The van der Waals surface area contributed by atoms with E-state index in [0.29, 0.717) is 5.69 Å². The van der Waals surface area contributed by atoms with Gasteiger partial charge in [0.05, 0.1) is 6.61 Å². The number of H-pyrrole nitrogens is 1. The summed E-state index contributed by atoms with van der Waals surface area (Å²) in [6, 6.07) is 19.8. The van der Waals surface area contributed by atoms with E-state index in [1.807, 2.05) is 24.3 Å². The number of aromatic nitrogens is 1.